The molecule has 0 aromatic carbocycles. The molecule has 1 atom stereocenters. The molecule has 17 heavy (non-hydrogen) atoms. The Balaban J connectivity index is 3.97. The van der Waals surface area contributed by atoms with Crippen LogP contribution in [0.15, 0.2) is 0 Å². The molecule has 8 heteroatoms. The number of carboxylic acid groups (broad SMARTS) is 1. The fourth-order valence-corrected chi connectivity index (χ4v) is 0.836. The highest BCUT2D eigenvalue weighted by molar-refractivity contribution is 5.89. The van der Waals surface area contributed by atoms with Crippen LogP contribution in [-0.2, 0) is 9.59 Å². The Morgan fingerprint density at radius 3 is 2.29 bits per heavy atom. The predicted molar refractivity (Wildman–Crippen MR) is 58.1 cm³/mol. The molecule has 1 unspecified atom stereocenters. The van der Waals surface area contributed by atoms with E-state index in [2.05, 4.69) is 10.6 Å². The van der Waals surface area contributed by atoms with Gasteiger partial charge in [0.05, 0.1) is 0 Å². The van der Waals surface area contributed by atoms with E-state index in [1.807, 2.05) is 0 Å². The first-order valence-corrected chi connectivity index (χ1v) is 4.93. The first-order valence-electron chi connectivity index (χ1n) is 4.93. The summed E-state index contributed by atoms with van der Waals surface area (Å²) in [4.78, 5) is 32.4. The van der Waals surface area contributed by atoms with Crippen molar-refractivity contribution in [3.63, 3.8) is 0 Å². The van der Waals surface area contributed by atoms with E-state index in [1.165, 1.54) is 13.8 Å². The molecule has 0 saturated heterocycles. The Morgan fingerprint density at radius 1 is 1.35 bits per heavy atom. The Kier molecular flexibility index (Phi) is 5.39. The van der Waals surface area contributed by atoms with Crippen LogP contribution in [-0.4, -0.2) is 46.3 Å². The number of aliphatic carboxylic acids is 1. The average molecular weight is 247 g/mol. The van der Waals surface area contributed by atoms with Crippen molar-refractivity contribution < 1.29 is 24.6 Å². The zero-order chi connectivity index (χ0) is 13.6. The summed E-state index contributed by atoms with van der Waals surface area (Å²) in [6.07, 6.45) is -1.65. The van der Waals surface area contributed by atoms with Gasteiger partial charge in [0.15, 0.2) is 6.10 Å². The van der Waals surface area contributed by atoms with Crippen LogP contribution in [0.25, 0.3) is 0 Å². The number of hydrogen-bond donors (Lipinski definition) is 5. The van der Waals surface area contributed by atoms with Crippen molar-refractivity contribution >= 4 is 17.9 Å². The van der Waals surface area contributed by atoms with Crippen LogP contribution in [0.1, 0.15) is 20.3 Å². The lowest BCUT2D eigenvalue weighted by Gasteiger charge is -2.22. The van der Waals surface area contributed by atoms with Crippen LogP contribution in [0.3, 0.4) is 0 Å². The Morgan fingerprint density at radius 2 is 1.88 bits per heavy atom. The second kappa shape index (κ2) is 6.04. The summed E-state index contributed by atoms with van der Waals surface area (Å²) >= 11 is 0. The maximum atomic E-state index is 11.3. The van der Waals surface area contributed by atoms with Crippen LogP contribution >= 0.6 is 0 Å². The smallest absolute Gasteiger partial charge is 0.332 e. The van der Waals surface area contributed by atoms with E-state index in [0.29, 0.717) is 0 Å². The normalized spacial score (nSPS) is 12.6. The zero-order valence-electron chi connectivity index (χ0n) is 9.69. The number of hydrogen-bond acceptors (Lipinski definition) is 4. The van der Waals surface area contributed by atoms with E-state index in [4.69, 9.17) is 15.9 Å². The molecule has 98 valence electrons. The average Bonchev–Trinajstić information content (AvgIpc) is 2.16. The highest BCUT2D eigenvalue weighted by atomic mass is 16.4. The van der Waals surface area contributed by atoms with Crippen LogP contribution in [0.2, 0.25) is 0 Å². The molecule has 6 N–H and O–H groups in total. The third-order valence-corrected chi connectivity index (χ3v) is 2.03. The largest absolute Gasteiger partial charge is 0.479 e. The summed E-state index contributed by atoms with van der Waals surface area (Å²) in [5.41, 5.74) is 3.84. The summed E-state index contributed by atoms with van der Waals surface area (Å²) in [6.45, 7) is 2.83. The number of carbonyl (C=O) groups excluding carboxylic acids is 2. The molecule has 8 nitrogen and oxygen atoms in total. The minimum absolute atomic E-state index is 0.0336. The van der Waals surface area contributed by atoms with Crippen molar-refractivity contribution in [2.24, 2.45) is 5.73 Å². The highest BCUT2D eigenvalue weighted by Crippen LogP contribution is 1.99. The monoisotopic (exact) mass is 247 g/mol. The van der Waals surface area contributed by atoms with Gasteiger partial charge in [0.25, 0.3) is 0 Å². The second-order valence-electron chi connectivity index (χ2n) is 4.01. The van der Waals surface area contributed by atoms with Crippen LogP contribution in [0.4, 0.5) is 4.79 Å². The number of aliphatic hydroxyl groups excluding tert-OH is 1. The lowest BCUT2D eigenvalue weighted by Crippen LogP contribution is -2.56. The van der Waals surface area contributed by atoms with Gasteiger partial charge in [-0.2, -0.15) is 0 Å². The van der Waals surface area contributed by atoms with Gasteiger partial charge in [0, 0.05) is 13.0 Å². The highest BCUT2D eigenvalue weighted by Gasteiger charge is 2.26. The first kappa shape index (κ1) is 15.2. The fourth-order valence-electron chi connectivity index (χ4n) is 0.836. The number of nitrogens with two attached hydrogens (primary N) is 1. The molecule has 0 spiro atoms. The van der Waals surface area contributed by atoms with Crippen LogP contribution in [0.5, 0.6) is 0 Å². The lowest BCUT2D eigenvalue weighted by molar-refractivity contribution is -0.146. The van der Waals surface area contributed by atoms with E-state index < -0.39 is 29.6 Å². The number of carbonyl (C=O) groups is 3. The molecular weight excluding hydrogens is 230 g/mol. The van der Waals surface area contributed by atoms with Crippen molar-refractivity contribution in [3.8, 4) is 0 Å². The molecule has 0 saturated carbocycles. The van der Waals surface area contributed by atoms with E-state index in [1.54, 1.807) is 0 Å². The van der Waals surface area contributed by atoms with Crippen molar-refractivity contribution in [1.29, 1.82) is 0 Å². The lowest BCUT2D eigenvalue weighted by atomic mass is 10.1. The standard InChI is InChI=1S/C9H17N3O5/c1-9(2,7(10)16)12-8(17)11-4-3-5(13)6(14)15/h5,13H,3-4H2,1-2H3,(H2,10,16)(H,14,15)(H2,11,12,17). The second-order valence-corrected chi connectivity index (χ2v) is 4.01. The summed E-state index contributed by atoms with van der Waals surface area (Å²) < 4.78 is 0. The van der Waals surface area contributed by atoms with Crippen molar-refractivity contribution in [2.75, 3.05) is 6.54 Å². The van der Waals surface area contributed by atoms with Gasteiger partial charge >= 0.3 is 12.0 Å². The van der Waals surface area contributed by atoms with E-state index in [9.17, 15) is 14.4 Å². The zero-order valence-corrected chi connectivity index (χ0v) is 9.69. The van der Waals surface area contributed by atoms with Gasteiger partial charge in [-0.1, -0.05) is 0 Å². The Bertz CT molecular complexity index is 316. The Hall–Kier alpha value is -1.83. The Labute approximate surface area is 98.2 Å². The number of aliphatic hydroxyl groups is 1. The molecule has 0 radical (unpaired) electrons. The fraction of sp³-hybridized carbons (Fsp3) is 0.667. The van der Waals surface area contributed by atoms with E-state index in [0.717, 1.165) is 0 Å². The minimum atomic E-state index is -1.53. The summed E-state index contributed by atoms with van der Waals surface area (Å²) in [5, 5.41) is 21.9. The van der Waals surface area contributed by atoms with Gasteiger partial charge in [-0.05, 0) is 13.8 Å². The molecule has 0 aliphatic heterocycles. The molecule has 0 fully saturated rings. The van der Waals surface area contributed by atoms with E-state index in [-0.39, 0.29) is 13.0 Å². The van der Waals surface area contributed by atoms with Crippen LogP contribution < -0.4 is 16.4 Å². The number of carboxylic acids is 1. The van der Waals surface area contributed by atoms with Gasteiger partial charge in [0.1, 0.15) is 5.54 Å². The first-order chi connectivity index (χ1) is 7.66. The van der Waals surface area contributed by atoms with Crippen molar-refractivity contribution in [1.82, 2.24) is 10.6 Å². The van der Waals surface area contributed by atoms with Gasteiger partial charge in [-0.25, -0.2) is 9.59 Å². The van der Waals surface area contributed by atoms with Gasteiger partial charge in [-0.3, -0.25) is 4.79 Å². The molecule has 0 aromatic rings. The summed E-state index contributed by atoms with van der Waals surface area (Å²) in [7, 11) is 0. The molecule has 0 bridgehead atoms. The van der Waals surface area contributed by atoms with E-state index >= 15 is 0 Å². The number of rotatable bonds is 6. The van der Waals surface area contributed by atoms with Crippen molar-refractivity contribution in [3.05, 3.63) is 0 Å². The number of amides is 3. The molecule has 0 aromatic heterocycles. The van der Waals surface area contributed by atoms with Crippen molar-refractivity contribution in [2.45, 2.75) is 31.9 Å². The maximum absolute atomic E-state index is 11.3. The molecule has 0 heterocycles. The summed E-state index contributed by atoms with van der Waals surface area (Å²) in [5.74, 6) is -2.05. The third kappa shape index (κ3) is 5.71. The summed E-state index contributed by atoms with van der Waals surface area (Å²) in [6, 6.07) is -0.661. The number of nitrogens with one attached hydrogen (secondary N) is 2. The SMILES string of the molecule is CC(C)(NC(=O)NCCC(O)C(=O)O)C(N)=O. The molecule has 0 aliphatic carbocycles. The van der Waals surface area contributed by atoms with Gasteiger partial charge in [0.2, 0.25) is 5.91 Å². The maximum Gasteiger partial charge on any atom is 0.332 e. The number of urea groups is 1. The predicted octanol–water partition coefficient (Wildman–Crippen LogP) is -1.61. The topological polar surface area (TPSA) is 142 Å². The van der Waals surface area contributed by atoms with Gasteiger partial charge in [-0.15, -0.1) is 0 Å². The van der Waals surface area contributed by atoms with Gasteiger partial charge < -0.3 is 26.6 Å². The number of primary amides is 1. The quantitative estimate of drug-likeness (QED) is 0.383. The molecule has 0 aliphatic rings. The molecular formula is C9H17N3O5. The van der Waals surface area contributed by atoms with Crippen LogP contribution in [0, 0.1) is 0 Å². The molecule has 0 rings (SSSR count). The molecule has 3 amide bonds. The minimum Gasteiger partial charge on any atom is -0.479 e. The third-order valence-electron chi connectivity index (χ3n) is 2.03.